The third-order valence-corrected chi connectivity index (χ3v) is 3.23. The molecule has 0 aromatic heterocycles. The van der Waals surface area contributed by atoms with Crippen LogP contribution < -0.4 is 0 Å². The molecule has 0 unspecified atom stereocenters. The number of hydrogen-bond acceptors (Lipinski definition) is 2. The van der Waals surface area contributed by atoms with Crippen molar-refractivity contribution in [3.8, 4) is 0 Å². The SMILES string of the molecule is CC(=O)[C@H]1[C@@H](C(=O)c2ccccc2)[C@@H]1C(F)(F)F. The quantitative estimate of drug-likeness (QED) is 0.779. The molecule has 0 heterocycles. The minimum atomic E-state index is -4.49. The van der Waals surface area contributed by atoms with Gasteiger partial charge in [-0.15, -0.1) is 0 Å². The number of alkyl halides is 3. The Labute approximate surface area is 102 Å². The van der Waals surface area contributed by atoms with Crippen LogP contribution in [0.2, 0.25) is 0 Å². The van der Waals surface area contributed by atoms with Crippen LogP contribution in [0.15, 0.2) is 30.3 Å². The lowest BCUT2D eigenvalue weighted by Crippen LogP contribution is -2.16. The predicted molar refractivity (Wildman–Crippen MR) is 58.0 cm³/mol. The molecule has 0 amide bonds. The molecule has 0 bridgehead atoms. The third kappa shape index (κ3) is 2.17. The first kappa shape index (κ1) is 12.8. The summed E-state index contributed by atoms with van der Waals surface area (Å²) in [6.07, 6.45) is -4.49. The second-order valence-electron chi connectivity index (χ2n) is 4.46. The topological polar surface area (TPSA) is 34.1 Å². The fourth-order valence-corrected chi connectivity index (χ4v) is 2.34. The molecule has 0 saturated heterocycles. The molecule has 1 saturated carbocycles. The summed E-state index contributed by atoms with van der Waals surface area (Å²) in [7, 11) is 0. The second kappa shape index (κ2) is 4.23. The Bertz CT molecular complexity index is 479. The van der Waals surface area contributed by atoms with Gasteiger partial charge in [0.25, 0.3) is 0 Å². The van der Waals surface area contributed by atoms with Crippen molar-refractivity contribution in [2.75, 3.05) is 0 Å². The van der Waals surface area contributed by atoms with Crippen molar-refractivity contribution >= 4 is 11.6 Å². The van der Waals surface area contributed by atoms with Gasteiger partial charge < -0.3 is 0 Å². The van der Waals surface area contributed by atoms with Crippen molar-refractivity contribution in [3.05, 3.63) is 35.9 Å². The van der Waals surface area contributed by atoms with E-state index >= 15 is 0 Å². The van der Waals surface area contributed by atoms with Gasteiger partial charge in [-0.2, -0.15) is 13.2 Å². The molecule has 1 aliphatic rings. The maximum absolute atomic E-state index is 12.7. The van der Waals surface area contributed by atoms with Crippen molar-refractivity contribution in [1.82, 2.24) is 0 Å². The summed E-state index contributed by atoms with van der Waals surface area (Å²) in [6.45, 7) is 1.10. The van der Waals surface area contributed by atoms with Gasteiger partial charge in [-0.05, 0) is 6.92 Å². The summed E-state index contributed by atoms with van der Waals surface area (Å²) in [6, 6.07) is 7.77. The van der Waals surface area contributed by atoms with Crippen LogP contribution >= 0.6 is 0 Å². The lowest BCUT2D eigenvalue weighted by atomic mass is 10.0. The molecule has 0 aliphatic heterocycles. The maximum Gasteiger partial charge on any atom is 0.393 e. The third-order valence-electron chi connectivity index (χ3n) is 3.23. The minimum Gasteiger partial charge on any atom is -0.300 e. The number of carbonyl (C=O) groups excluding carboxylic acids is 2. The van der Waals surface area contributed by atoms with Crippen LogP contribution in [-0.4, -0.2) is 17.7 Å². The van der Waals surface area contributed by atoms with Gasteiger partial charge in [0, 0.05) is 17.4 Å². The molecular weight excluding hydrogens is 245 g/mol. The molecule has 0 N–H and O–H groups in total. The monoisotopic (exact) mass is 256 g/mol. The fraction of sp³-hybridized carbons (Fsp3) is 0.385. The number of benzene rings is 1. The predicted octanol–water partition coefficient (Wildman–Crippen LogP) is 2.88. The highest BCUT2D eigenvalue weighted by atomic mass is 19.4. The first-order valence-corrected chi connectivity index (χ1v) is 5.50. The molecule has 3 atom stereocenters. The van der Waals surface area contributed by atoms with E-state index in [1.54, 1.807) is 18.2 Å². The number of halogens is 3. The number of hydrogen-bond donors (Lipinski definition) is 0. The standard InChI is InChI=1S/C13H11F3O2/c1-7(17)9-10(11(9)13(14,15)16)12(18)8-5-3-2-4-6-8/h2-6,9-11H,1H3/t9-,10+,11+/m0/s1. The normalized spacial score (nSPS) is 26.8. The number of Topliss-reactive ketones (excluding diaryl/α,β-unsaturated/α-hetero) is 2. The zero-order valence-electron chi connectivity index (χ0n) is 9.57. The van der Waals surface area contributed by atoms with Crippen molar-refractivity contribution in [3.63, 3.8) is 0 Å². The van der Waals surface area contributed by atoms with Gasteiger partial charge in [0.15, 0.2) is 5.78 Å². The van der Waals surface area contributed by atoms with Crippen molar-refractivity contribution in [1.29, 1.82) is 0 Å². The van der Waals surface area contributed by atoms with Crippen LogP contribution in [0.3, 0.4) is 0 Å². The molecule has 0 radical (unpaired) electrons. The molecule has 96 valence electrons. The Balaban J connectivity index is 2.24. The fourth-order valence-electron chi connectivity index (χ4n) is 2.34. The molecule has 2 nitrogen and oxygen atoms in total. The zero-order chi connectivity index (χ0) is 13.5. The van der Waals surface area contributed by atoms with E-state index in [2.05, 4.69) is 0 Å². The average Bonchev–Trinajstić information content (AvgIpc) is 3.04. The molecule has 1 aliphatic carbocycles. The van der Waals surface area contributed by atoms with Gasteiger partial charge in [-0.25, -0.2) is 0 Å². The summed E-state index contributed by atoms with van der Waals surface area (Å²) >= 11 is 0. The maximum atomic E-state index is 12.7. The Morgan fingerprint density at radius 2 is 1.61 bits per heavy atom. The highest BCUT2D eigenvalue weighted by Gasteiger charge is 2.68. The zero-order valence-corrected chi connectivity index (χ0v) is 9.57. The number of carbonyl (C=O) groups is 2. The average molecular weight is 256 g/mol. The van der Waals surface area contributed by atoms with Crippen molar-refractivity contribution < 1.29 is 22.8 Å². The van der Waals surface area contributed by atoms with E-state index in [9.17, 15) is 22.8 Å². The van der Waals surface area contributed by atoms with Crippen LogP contribution in [0, 0.1) is 17.8 Å². The highest BCUT2D eigenvalue weighted by Crippen LogP contribution is 2.57. The molecule has 2 rings (SSSR count). The Hall–Kier alpha value is -1.65. The Morgan fingerprint density at radius 3 is 2.00 bits per heavy atom. The van der Waals surface area contributed by atoms with E-state index in [0.29, 0.717) is 0 Å². The van der Waals surface area contributed by atoms with Crippen LogP contribution in [-0.2, 0) is 4.79 Å². The first-order chi connectivity index (χ1) is 8.34. The molecule has 18 heavy (non-hydrogen) atoms. The van der Waals surface area contributed by atoms with Gasteiger partial charge in [0.1, 0.15) is 5.78 Å². The number of ketones is 2. The van der Waals surface area contributed by atoms with E-state index in [-0.39, 0.29) is 5.56 Å². The van der Waals surface area contributed by atoms with E-state index in [4.69, 9.17) is 0 Å². The van der Waals surface area contributed by atoms with Gasteiger partial charge in [-0.1, -0.05) is 30.3 Å². The molecule has 5 heteroatoms. The van der Waals surface area contributed by atoms with Crippen LogP contribution in [0.5, 0.6) is 0 Å². The van der Waals surface area contributed by atoms with Gasteiger partial charge in [0.2, 0.25) is 0 Å². The lowest BCUT2D eigenvalue weighted by Gasteiger charge is -2.04. The van der Waals surface area contributed by atoms with Crippen molar-refractivity contribution in [2.45, 2.75) is 13.1 Å². The smallest absolute Gasteiger partial charge is 0.300 e. The summed E-state index contributed by atoms with van der Waals surface area (Å²) < 4.78 is 38.0. The van der Waals surface area contributed by atoms with E-state index in [1.807, 2.05) is 0 Å². The summed E-state index contributed by atoms with van der Waals surface area (Å²) in [4.78, 5) is 23.1. The van der Waals surface area contributed by atoms with Crippen LogP contribution in [0.25, 0.3) is 0 Å². The second-order valence-corrected chi connectivity index (χ2v) is 4.46. The van der Waals surface area contributed by atoms with Crippen LogP contribution in [0.1, 0.15) is 17.3 Å². The molecule has 0 spiro atoms. The summed E-state index contributed by atoms with van der Waals surface area (Å²) in [5, 5.41) is 0. The summed E-state index contributed by atoms with van der Waals surface area (Å²) in [5.74, 6) is -5.45. The lowest BCUT2D eigenvalue weighted by molar-refractivity contribution is -0.155. The largest absolute Gasteiger partial charge is 0.393 e. The Morgan fingerprint density at radius 1 is 1.06 bits per heavy atom. The minimum absolute atomic E-state index is 0.223. The van der Waals surface area contributed by atoms with E-state index < -0.39 is 35.5 Å². The molecule has 1 aromatic rings. The van der Waals surface area contributed by atoms with Gasteiger partial charge in [0.05, 0.1) is 5.92 Å². The van der Waals surface area contributed by atoms with Crippen LogP contribution in [0.4, 0.5) is 13.2 Å². The number of rotatable bonds is 3. The molecular formula is C13H11F3O2. The van der Waals surface area contributed by atoms with Crippen molar-refractivity contribution in [2.24, 2.45) is 17.8 Å². The summed E-state index contributed by atoms with van der Waals surface area (Å²) in [5.41, 5.74) is 0.223. The van der Waals surface area contributed by atoms with E-state index in [1.165, 1.54) is 12.1 Å². The van der Waals surface area contributed by atoms with Gasteiger partial charge in [-0.3, -0.25) is 9.59 Å². The highest BCUT2D eigenvalue weighted by molar-refractivity contribution is 6.04. The Kier molecular flexibility index (Phi) is 3.00. The van der Waals surface area contributed by atoms with Gasteiger partial charge >= 0.3 is 6.18 Å². The molecule has 1 fully saturated rings. The van der Waals surface area contributed by atoms with E-state index in [0.717, 1.165) is 6.92 Å². The molecule has 1 aromatic carbocycles. The first-order valence-electron chi connectivity index (χ1n) is 5.50.